The van der Waals surface area contributed by atoms with E-state index in [-0.39, 0.29) is 24.0 Å². The van der Waals surface area contributed by atoms with Gasteiger partial charge in [-0.15, -0.1) is 0 Å². The van der Waals surface area contributed by atoms with E-state index in [9.17, 15) is 14.7 Å². The highest BCUT2D eigenvalue weighted by Gasteiger charge is 2.36. The minimum absolute atomic E-state index is 0.109. The third kappa shape index (κ3) is 4.69. The molecule has 0 saturated carbocycles. The van der Waals surface area contributed by atoms with E-state index in [4.69, 9.17) is 0 Å². The highest BCUT2D eigenvalue weighted by atomic mass is 16.3. The van der Waals surface area contributed by atoms with Crippen molar-refractivity contribution < 1.29 is 14.7 Å². The van der Waals surface area contributed by atoms with Gasteiger partial charge in [-0.05, 0) is 50.9 Å². The van der Waals surface area contributed by atoms with Crippen molar-refractivity contribution in [1.82, 2.24) is 9.80 Å². The van der Waals surface area contributed by atoms with Crippen molar-refractivity contribution in [3.05, 3.63) is 0 Å². The first-order chi connectivity index (χ1) is 10.9. The van der Waals surface area contributed by atoms with Crippen LogP contribution in [-0.4, -0.2) is 58.5 Å². The predicted molar refractivity (Wildman–Crippen MR) is 89.8 cm³/mol. The summed E-state index contributed by atoms with van der Waals surface area (Å²) in [6.07, 6.45) is 4.65. The number of hydrogen-bond donors (Lipinski definition) is 1. The van der Waals surface area contributed by atoms with E-state index in [1.807, 2.05) is 16.7 Å². The Labute approximate surface area is 140 Å². The van der Waals surface area contributed by atoms with E-state index in [1.54, 1.807) is 0 Å². The van der Waals surface area contributed by atoms with Crippen molar-refractivity contribution >= 4 is 11.8 Å². The molecule has 5 nitrogen and oxygen atoms in total. The van der Waals surface area contributed by atoms with Gasteiger partial charge in [-0.2, -0.15) is 0 Å². The lowest BCUT2D eigenvalue weighted by Crippen LogP contribution is -2.54. The lowest BCUT2D eigenvalue weighted by Gasteiger charge is -2.40. The molecule has 2 aliphatic heterocycles. The summed E-state index contributed by atoms with van der Waals surface area (Å²) in [4.78, 5) is 29.0. The summed E-state index contributed by atoms with van der Waals surface area (Å²) in [5.41, 5.74) is 0. The number of piperidine rings is 2. The maximum absolute atomic E-state index is 13.0. The Hall–Kier alpha value is -1.10. The number of aliphatic hydroxyl groups excluding tert-OH is 1. The van der Waals surface area contributed by atoms with Crippen molar-refractivity contribution in [3.63, 3.8) is 0 Å². The molecule has 0 unspecified atom stereocenters. The Morgan fingerprint density at radius 1 is 1.17 bits per heavy atom. The summed E-state index contributed by atoms with van der Waals surface area (Å²) in [7, 11) is 0. The Morgan fingerprint density at radius 2 is 1.83 bits per heavy atom. The highest BCUT2D eigenvalue weighted by molar-refractivity contribution is 5.88. The van der Waals surface area contributed by atoms with Crippen LogP contribution in [0.25, 0.3) is 0 Å². The standard InChI is InChI=1S/C18H32N2O3/c1-13(2)12-16(20-9-5-4-6-17(20)22)18(23)19-10-7-15(8-11-19)14(3)21/h13-16,21H,4-12H2,1-3H3/t14-,16+/m1/s1. The van der Waals surface area contributed by atoms with Gasteiger partial charge in [0, 0.05) is 26.1 Å². The molecule has 2 heterocycles. The van der Waals surface area contributed by atoms with Crippen molar-refractivity contribution in [2.45, 2.75) is 71.4 Å². The van der Waals surface area contributed by atoms with Gasteiger partial charge in [-0.25, -0.2) is 0 Å². The van der Waals surface area contributed by atoms with E-state index in [1.165, 1.54) is 0 Å². The van der Waals surface area contributed by atoms with Crippen molar-refractivity contribution in [3.8, 4) is 0 Å². The number of likely N-dealkylation sites (tertiary alicyclic amines) is 2. The number of aliphatic hydroxyl groups is 1. The second kappa shape index (κ2) is 8.13. The molecule has 0 aromatic rings. The van der Waals surface area contributed by atoms with Crippen LogP contribution in [0, 0.1) is 11.8 Å². The molecule has 0 spiro atoms. The van der Waals surface area contributed by atoms with E-state index < -0.39 is 0 Å². The molecule has 2 atom stereocenters. The van der Waals surface area contributed by atoms with Crippen LogP contribution in [0.15, 0.2) is 0 Å². The molecular weight excluding hydrogens is 292 g/mol. The number of hydrogen-bond acceptors (Lipinski definition) is 3. The quantitative estimate of drug-likeness (QED) is 0.842. The fraction of sp³-hybridized carbons (Fsp3) is 0.889. The summed E-state index contributed by atoms with van der Waals surface area (Å²) >= 11 is 0. The fourth-order valence-corrected chi connectivity index (χ4v) is 3.78. The number of carbonyl (C=O) groups excluding carboxylic acids is 2. The summed E-state index contributed by atoms with van der Waals surface area (Å²) in [6, 6.07) is -0.300. The first kappa shape index (κ1) is 18.2. The second-order valence-electron chi connectivity index (χ2n) is 7.59. The van der Waals surface area contributed by atoms with E-state index in [0.29, 0.717) is 37.9 Å². The van der Waals surface area contributed by atoms with E-state index >= 15 is 0 Å². The van der Waals surface area contributed by atoms with Crippen LogP contribution >= 0.6 is 0 Å². The Balaban J connectivity index is 2.03. The molecular formula is C18H32N2O3. The molecule has 2 saturated heterocycles. The summed E-state index contributed by atoms with van der Waals surface area (Å²) < 4.78 is 0. The molecule has 0 aromatic carbocycles. The zero-order valence-electron chi connectivity index (χ0n) is 14.8. The number of rotatable bonds is 5. The van der Waals surface area contributed by atoms with Gasteiger partial charge < -0.3 is 14.9 Å². The predicted octanol–water partition coefficient (Wildman–Crippen LogP) is 2.03. The number of nitrogens with zero attached hydrogens (tertiary/aromatic N) is 2. The molecule has 23 heavy (non-hydrogen) atoms. The van der Waals surface area contributed by atoms with Gasteiger partial charge in [0.1, 0.15) is 6.04 Å². The van der Waals surface area contributed by atoms with Crippen LogP contribution in [0.1, 0.15) is 59.3 Å². The number of amides is 2. The third-order valence-electron chi connectivity index (χ3n) is 5.25. The van der Waals surface area contributed by atoms with Gasteiger partial charge in [0.05, 0.1) is 6.10 Å². The van der Waals surface area contributed by atoms with Gasteiger partial charge in [-0.1, -0.05) is 13.8 Å². The monoisotopic (exact) mass is 324 g/mol. The maximum atomic E-state index is 13.0. The molecule has 1 N–H and O–H groups in total. The molecule has 5 heteroatoms. The lowest BCUT2D eigenvalue weighted by molar-refractivity contribution is -0.149. The Kier molecular flexibility index (Phi) is 6.45. The normalized spacial score (nSPS) is 23.3. The van der Waals surface area contributed by atoms with Gasteiger partial charge in [0.2, 0.25) is 11.8 Å². The molecule has 0 aromatic heterocycles. The molecule has 2 rings (SSSR count). The molecule has 132 valence electrons. The molecule has 0 bridgehead atoms. The smallest absolute Gasteiger partial charge is 0.245 e. The average molecular weight is 324 g/mol. The van der Waals surface area contributed by atoms with Gasteiger partial charge >= 0.3 is 0 Å². The van der Waals surface area contributed by atoms with Gasteiger partial charge in [0.15, 0.2) is 0 Å². The fourth-order valence-electron chi connectivity index (χ4n) is 3.78. The first-order valence-corrected chi connectivity index (χ1v) is 9.16. The van der Waals surface area contributed by atoms with Crippen LogP contribution in [0.5, 0.6) is 0 Å². The van der Waals surface area contributed by atoms with E-state index in [2.05, 4.69) is 13.8 Å². The topological polar surface area (TPSA) is 60.9 Å². The minimum atomic E-state index is -0.303. The van der Waals surface area contributed by atoms with Crippen LogP contribution in [-0.2, 0) is 9.59 Å². The lowest BCUT2D eigenvalue weighted by atomic mass is 9.91. The molecule has 2 fully saturated rings. The summed E-state index contributed by atoms with van der Waals surface area (Å²) in [6.45, 7) is 8.15. The Morgan fingerprint density at radius 3 is 2.35 bits per heavy atom. The minimum Gasteiger partial charge on any atom is -0.393 e. The average Bonchev–Trinajstić information content (AvgIpc) is 2.52. The van der Waals surface area contributed by atoms with Crippen LogP contribution in [0.4, 0.5) is 0 Å². The zero-order valence-corrected chi connectivity index (χ0v) is 14.8. The van der Waals surface area contributed by atoms with Gasteiger partial charge in [-0.3, -0.25) is 9.59 Å². The maximum Gasteiger partial charge on any atom is 0.245 e. The van der Waals surface area contributed by atoms with Gasteiger partial charge in [0.25, 0.3) is 0 Å². The van der Waals surface area contributed by atoms with Crippen molar-refractivity contribution in [2.24, 2.45) is 11.8 Å². The summed E-state index contributed by atoms with van der Waals surface area (Å²) in [5, 5.41) is 9.71. The summed E-state index contributed by atoms with van der Waals surface area (Å²) in [5.74, 6) is 0.917. The molecule has 2 amide bonds. The van der Waals surface area contributed by atoms with Crippen molar-refractivity contribution in [1.29, 1.82) is 0 Å². The molecule has 0 radical (unpaired) electrons. The first-order valence-electron chi connectivity index (χ1n) is 9.16. The highest BCUT2D eigenvalue weighted by Crippen LogP contribution is 2.25. The zero-order chi connectivity index (χ0) is 17.0. The molecule has 0 aliphatic carbocycles. The van der Waals surface area contributed by atoms with Crippen LogP contribution < -0.4 is 0 Å². The second-order valence-corrected chi connectivity index (χ2v) is 7.59. The van der Waals surface area contributed by atoms with Crippen molar-refractivity contribution in [2.75, 3.05) is 19.6 Å². The largest absolute Gasteiger partial charge is 0.393 e. The van der Waals surface area contributed by atoms with Crippen LogP contribution in [0.2, 0.25) is 0 Å². The number of carbonyl (C=O) groups is 2. The Bertz CT molecular complexity index is 414. The van der Waals surface area contributed by atoms with Crippen LogP contribution in [0.3, 0.4) is 0 Å². The SMILES string of the molecule is CC(C)C[C@@H](C(=O)N1CCC([C@@H](C)O)CC1)N1CCCCC1=O. The molecule has 2 aliphatic rings. The van der Waals surface area contributed by atoms with E-state index in [0.717, 1.165) is 32.1 Å². The third-order valence-corrected chi connectivity index (χ3v) is 5.25.